The number of fused-ring (bicyclic) bond motifs is 1. The summed E-state index contributed by atoms with van der Waals surface area (Å²) in [6.07, 6.45) is 4.59. The lowest BCUT2D eigenvalue weighted by Crippen LogP contribution is -2.42. The van der Waals surface area contributed by atoms with E-state index in [1.807, 2.05) is 4.90 Å². The van der Waals surface area contributed by atoms with E-state index in [9.17, 15) is 4.79 Å². The summed E-state index contributed by atoms with van der Waals surface area (Å²) < 4.78 is 5.56. The van der Waals surface area contributed by atoms with Gasteiger partial charge in [-0.25, -0.2) is 0 Å². The normalized spacial score (nSPS) is 25.6. The molecule has 1 saturated heterocycles. The molecule has 2 heterocycles. The second-order valence-corrected chi connectivity index (χ2v) is 7.48. The van der Waals surface area contributed by atoms with Crippen LogP contribution in [0.25, 0.3) is 0 Å². The number of rotatable bonds is 2. The van der Waals surface area contributed by atoms with Crippen LogP contribution in [0.1, 0.15) is 46.8 Å². The third-order valence-electron chi connectivity index (χ3n) is 4.43. The van der Waals surface area contributed by atoms with E-state index in [0.717, 1.165) is 36.6 Å². The molecule has 3 nitrogen and oxygen atoms in total. The zero-order chi connectivity index (χ0) is 14.3. The third-order valence-corrected chi connectivity index (χ3v) is 5.69. The van der Waals surface area contributed by atoms with E-state index in [1.54, 1.807) is 18.4 Å². The van der Waals surface area contributed by atoms with Crippen molar-refractivity contribution in [2.24, 2.45) is 11.8 Å². The Morgan fingerprint density at radius 2 is 1.95 bits per heavy atom. The number of carbonyl (C=O) groups excluding carboxylic acids is 1. The summed E-state index contributed by atoms with van der Waals surface area (Å²) in [7, 11) is 1.69. The molecule has 0 saturated carbocycles. The predicted molar refractivity (Wildman–Crippen MR) is 81.7 cm³/mol. The van der Waals surface area contributed by atoms with Crippen molar-refractivity contribution in [3.8, 4) is 5.75 Å². The molecule has 0 spiro atoms. The highest BCUT2D eigenvalue weighted by Crippen LogP contribution is 2.41. The number of amides is 1. The average molecular weight is 293 g/mol. The molecule has 0 aromatic carbocycles. The molecular weight excluding hydrogens is 270 g/mol. The first-order valence-corrected chi connectivity index (χ1v) is 8.39. The fourth-order valence-corrected chi connectivity index (χ4v) is 5.03. The first-order chi connectivity index (χ1) is 9.60. The number of aryl methyl sites for hydroxylation is 1. The molecule has 2 unspecified atom stereocenters. The van der Waals surface area contributed by atoms with Gasteiger partial charge in [-0.1, -0.05) is 13.8 Å². The molecule has 4 heteroatoms. The van der Waals surface area contributed by atoms with Gasteiger partial charge in [0.05, 0.1) is 7.11 Å². The molecule has 1 fully saturated rings. The topological polar surface area (TPSA) is 29.5 Å². The average Bonchev–Trinajstić information content (AvgIpc) is 2.96. The maximum atomic E-state index is 12.8. The van der Waals surface area contributed by atoms with E-state index in [0.29, 0.717) is 11.8 Å². The van der Waals surface area contributed by atoms with Gasteiger partial charge in [0.2, 0.25) is 0 Å². The van der Waals surface area contributed by atoms with Gasteiger partial charge in [0.25, 0.3) is 5.91 Å². The molecule has 3 rings (SSSR count). The molecule has 1 aromatic heterocycles. The van der Waals surface area contributed by atoms with Crippen LogP contribution >= 0.6 is 11.3 Å². The Morgan fingerprint density at radius 3 is 2.60 bits per heavy atom. The van der Waals surface area contributed by atoms with E-state index in [4.69, 9.17) is 4.74 Å². The van der Waals surface area contributed by atoms with E-state index in [2.05, 4.69) is 13.8 Å². The number of ether oxygens (including phenoxy) is 1. The SMILES string of the molecule is COc1c(C(=O)N2CC(C)CC(C)C2)sc2c1CCC2. The number of methoxy groups -OCH3 is 1. The van der Waals surface area contributed by atoms with E-state index in [1.165, 1.54) is 23.3 Å². The molecule has 1 aromatic rings. The standard InChI is InChI=1S/C16H23NO2S/c1-10-7-11(2)9-17(8-10)16(18)15-14(19-3)12-5-4-6-13(12)20-15/h10-11H,4-9H2,1-3H3. The lowest BCUT2D eigenvalue weighted by Gasteiger charge is -2.34. The van der Waals surface area contributed by atoms with Gasteiger partial charge in [-0.2, -0.15) is 0 Å². The number of hydrogen-bond acceptors (Lipinski definition) is 3. The first kappa shape index (κ1) is 13.9. The Bertz CT molecular complexity index is 513. The van der Waals surface area contributed by atoms with Crippen LogP contribution in [-0.4, -0.2) is 31.0 Å². The molecule has 20 heavy (non-hydrogen) atoms. The molecule has 110 valence electrons. The number of hydrogen-bond donors (Lipinski definition) is 0. The molecule has 2 aliphatic rings. The van der Waals surface area contributed by atoms with Crippen molar-refractivity contribution in [2.45, 2.75) is 39.5 Å². The van der Waals surface area contributed by atoms with Crippen molar-refractivity contribution in [1.29, 1.82) is 0 Å². The fraction of sp³-hybridized carbons (Fsp3) is 0.688. The van der Waals surface area contributed by atoms with Crippen molar-refractivity contribution in [2.75, 3.05) is 20.2 Å². The Hall–Kier alpha value is -1.03. The van der Waals surface area contributed by atoms with Gasteiger partial charge < -0.3 is 9.64 Å². The Labute approximate surface area is 124 Å². The molecule has 1 amide bonds. The van der Waals surface area contributed by atoms with E-state index in [-0.39, 0.29) is 5.91 Å². The highest BCUT2D eigenvalue weighted by atomic mass is 32.1. The van der Waals surface area contributed by atoms with Gasteiger partial charge >= 0.3 is 0 Å². The van der Waals surface area contributed by atoms with Crippen molar-refractivity contribution >= 4 is 17.2 Å². The molecule has 0 bridgehead atoms. The number of piperidine rings is 1. The minimum Gasteiger partial charge on any atom is -0.495 e. The van der Waals surface area contributed by atoms with Crippen LogP contribution in [0.4, 0.5) is 0 Å². The van der Waals surface area contributed by atoms with Crippen LogP contribution in [0, 0.1) is 11.8 Å². The molecular formula is C16H23NO2S. The lowest BCUT2D eigenvalue weighted by atomic mass is 9.92. The first-order valence-electron chi connectivity index (χ1n) is 7.58. The van der Waals surface area contributed by atoms with Gasteiger partial charge in [0, 0.05) is 23.5 Å². The van der Waals surface area contributed by atoms with Crippen LogP contribution in [0.3, 0.4) is 0 Å². The molecule has 0 radical (unpaired) electrons. The fourth-order valence-electron chi connectivity index (χ4n) is 3.70. The Balaban J connectivity index is 1.87. The quantitative estimate of drug-likeness (QED) is 0.837. The maximum Gasteiger partial charge on any atom is 0.267 e. The summed E-state index contributed by atoms with van der Waals surface area (Å²) in [6, 6.07) is 0. The molecule has 1 aliphatic carbocycles. The predicted octanol–water partition coefficient (Wildman–Crippen LogP) is 3.36. The summed E-state index contributed by atoms with van der Waals surface area (Å²) in [5.74, 6) is 2.24. The van der Waals surface area contributed by atoms with Crippen LogP contribution in [0.15, 0.2) is 0 Å². The summed E-state index contributed by atoms with van der Waals surface area (Å²) in [4.78, 5) is 17.1. The largest absolute Gasteiger partial charge is 0.495 e. The second-order valence-electron chi connectivity index (χ2n) is 6.38. The van der Waals surface area contributed by atoms with Gasteiger partial charge in [-0.3, -0.25) is 4.79 Å². The smallest absolute Gasteiger partial charge is 0.267 e. The van der Waals surface area contributed by atoms with Crippen LogP contribution in [0.5, 0.6) is 5.75 Å². The number of thiophene rings is 1. The lowest BCUT2D eigenvalue weighted by molar-refractivity contribution is 0.0625. The molecule has 1 aliphatic heterocycles. The van der Waals surface area contributed by atoms with Crippen molar-refractivity contribution in [3.05, 3.63) is 15.3 Å². The van der Waals surface area contributed by atoms with Gasteiger partial charge in [0.1, 0.15) is 10.6 Å². The van der Waals surface area contributed by atoms with Crippen LogP contribution in [0.2, 0.25) is 0 Å². The minimum absolute atomic E-state index is 0.180. The molecule has 2 atom stereocenters. The summed E-state index contributed by atoms with van der Waals surface area (Å²) in [6.45, 7) is 6.24. The summed E-state index contributed by atoms with van der Waals surface area (Å²) in [5, 5.41) is 0. The Kier molecular flexibility index (Phi) is 3.76. The third kappa shape index (κ3) is 2.34. The number of nitrogens with zero attached hydrogens (tertiary/aromatic N) is 1. The zero-order valence-electron chi connectivity index (χ0n) is 12.6. The highest BCUT2D eigenvalue weighted by Gasteiger charge is 2.32. The second kappa shape index (κ2) is 5.40. The van der Waals surface area contributed by atoms with Gasteiger partial charge in [-0.15, -0.1) is 11.3 Å². The number of likely N-dealkylation sites (tertiary alicyclic amines) is 1. The number of carbonyl (C=O) groups is 1. The van der Waals surface area contributed by atoms with Crippen LogP contribution < -0.4 is 4.74 Å². The van der Waals surface area contributed by atoms with Gasteiger partial charge in [-0.05, 0) is 37.5 Å². The van der Waals surface area contributed by atoms with Crippen molar-refractivity contribution in [3.63, 3.8) is 0 Å². The summed E-state index contributed by atoms with van der Waals surface area (Å²) >= 11 is 1.66. The molecule has 0 N–H and O–H groups in total. The van der Waals surface area contributed by atoms with E-state index < -0.39 is 0 Å². The minimum atomic E-state index is 0.180. The summed E-state index contributed by atoms with van der Waals surface area (Å²) in [5.41, 5.74) is 1.29. The Morgan fingerprint density at radius 1 is 1.25 bits per heavy atom. The van der Waals surface area contributed by atoms with Crippen molar-refractivity contribution in [1.82, 2.24) is 4.90 Å². The van der Waals surface area contributed by atoms with Crippen molar-refractivity contribution < 1.29 is 9.53 Å². The maximum absolute atomic E-state index is 12.8. The zero-order valence-corrected chi connectivity index (χ0v) is 13.4. The highest BCUT2D eigenvalue weighted by molar-refractivity contribution is 7.14. The monoisotopic (exact) mass is 293 g/mol. The van der Waals surface area contributed by atoms with Crippen LogP contribution in [-0.2, 0) is 12.8 Å². The van der Waals surface area contributed by atoms with E-state index >= 15 is 0 Å². The van der Waals surface area contributed by atoms with Gasteiger partial charge in [0.15, 0.2) is 0 Å².